The quantitative estimate of drug-likeness (QED) is 0.799. The molecule has 0 radical (unpaired) electrons. The summed E-state index contributed by atoms with van der Waals surface area (Å²) in [5.74, 6) is 0.0589. The molecule has 0 aliphatic rings. The molecule has 0 bridgehead atoms. The third kappa shape index (κ3) is 5.19. The number of amides is 1. The van der Waals surface area contributed by atoms with Crippen molar-refractivity contribution in [3.8, 4) is 0 Å². The van der Waals surface area contributed by atoms with Crippen molar-refractivity contribution in [2.75, 3.05) is 18.9 Å². The van der Waals surface area contributed by atoms with Crippen molar-refractivity contribution in [1.29, 1.82) is 0 Å². The molecule has 1 atom stereocenters. The van der Waals surface area contributed by atoms with Gasteiger partial charge in [-0.05, 0) is 36.6 Å². The lowest BCUT2D eigenvalue weighted by molar-refractivity contribution is -0.885. The minimum atomic E-state index is 0.0589. The van der Waals surface area contributed by atoms with Crippen molar-refractivity contribution in [3.05, 3.63) is 63.6 Å². The number of rotatable bonds is 6. The van der Waals surface area contributed by atoms with E-state index < -0.39 is 0 Å². The van der Waals surface area contributed by atoms with Gasteiger partial charge in [0, 0.05) is 15.7 Å². The van der Waals surface area contributed by atoms with E-state index in [4.69, 9.17) is 0 Å². The Labute approximate surface area is 146 Å². The fourth-order valence-corrected chi connectivity index (χ4v) is 2.94. The molecule has 0 saturated carbocycles. The van der Waals surface area contributed by atoms with Crippen LogP contribution in [0.2, 0.25) is 0 Å². The Kier molecular flexibility index (Phi) is 6.37. The lowest BCUT2D eigenvalue weighted by Gasteiger charge is -2.16. The van der Waals surface area contributed by atoms with Gasteiger partial charge in [-0.1, -0.05) is 53.2 Å². The smallest absolute Gasteiger partial charge is 0.279 e. The number of anilines is 1. The van der Waals surface area contributed by atoms with Gasteiger partial charge in [0.15, 0.2) is 6.54 Å². The summed E-state index contributed by atoms with van der Waals surface area (Å²) in [6.45, 7) is 5.42. The van der Waals surface area contributed by atoms with Crippen LogP contribution in [0.5, 0.6) is 0 Å². The highest BCUT2D eigenvalue weighted by atomic mass is 79.9. The fraction of sp³-hybridized carbons (Fsp3) is 0.316. The van der Waals surface area contributed by atoms with Crippen LogP contribution in [0, 0.1) is 6.92 Å². The number of carbonyl (C=O) groups excluding carboxylic acids is 1. The van der Waals surface area contributed by atoms with E-state index >= 15 is 0 Å². The molecule has 2 rings (SSSR count). The first-order chi connectivity index (χ1) is 11.0. The molecule has 3 nitrogen and oxygen atoms in total. The predicted molar refractivity (Wildman–Crippen MR) is 98.8 cm³/mol. The van der Waals surface area contributed by atoms with E-state index in [1.807, 2.05) is 38.2 Å². The highest BCUT2D eigenvalue weighted by Crippen LogP contribution is 2.20. The Hall–Kier alpha value is -1.65. The SMILES string of the molecule is CCc1cccc(C)c1NC(=O)C[NH+](C)Cc1ccc(Br)cc1. The zero-order valence-corrected chi connectivity index (χ0v) is 15.5. The maximum atomic E-state index is 12.3. The largest absolute Gasteiger partial charge is 0.326 e. The van der Waals surface area contributed by atoms with Crippen LogP contribution in [0.1, 0.15) is 23.6 Å². The lowest BCUT2D eigenvalue weighted by Crippen LogP contribution is -3.08. The topological polar surface area (TPSA) is 33.5 Å². The van der Waals surface area contributed by atoms with Gasteiger partial charge in [-0.2, -0.15) is 0 Å². The maximum Gasteiger partial charge on any atom is 0.279 e. The predicted octanol–water partition coefficient (Wildman–Crippen LogP) is 2.97. The number of benzene rings is 2. The minimum Gasteiger partial charge on any atom is -0.326 e. The van der Waals surface area contributed by atoms with E-state index in [1.54, 1.807) is 0 Å². The normalized spacial score (nSPS) is 12.0. The number of carbonyl (C=O) groups is 1. The number of quaternary nitrogens is 1. The van der Waals surface area contributed by atoms with Gasteiger partial charge in [0.25, 0.3) is 5.91 Å². The van der Waals surface area contributed by atoms with E-state index in [-0.39, 0.29) is 5.91 Å². The number of likely N-dealkylation sites (N-methyl/N-ethyl adjacent to an activating group) is 1. The second-order valence-electron chi connectivity index (χ2n) is 5.95. The second-order valence-corrected chi connectivity index (χ2v) is 6.86. The average molecular weight is 376 g/mol. The summed E-state index contributed by atoms with van der Waals surface area (Å²) in [6, 6.07) is 14.4. The van der Waals surface area contributed by atoms with Crippen molar-refractivity contribution in [2.45, 2.75) is 26.8 Å². The molecule has 0 heterocycles. The Morgan fingerprint density at radius 3 is 2.52 bits per heavy atom. The van der Waals surface area contributed by atoms with Gasteiger partial charge in [-0.25, -0.2) is 0 Å². The molecule has 1 unspecified atom stereocenters. The minimum absolute atomic E-state index is 0.0589. The summed E-state index contributed by atoms with van der Waals surface area (Å²) in [6.07, 6.45) is 0.916. The van der Waals surface area contributed by atoms with Crippen LogP contribution in [0.4, 0.5) is 5.69 Å². The van der Waals surface area contributed by atoms with Crippen molar-refractivity contribution in [3.63, 3.8) is 0 Å². The van der Waals surface area contributed by atoms with Crippen LogP contribution in [-0.4, -0.2) is 19.5 Å². The van der Waals surface area contributed by atoms with Crippen molar-refractivity contribution < 1.29 is 9.69 Å². The number of halogens is 1. The van der Waals surface area contributed by atoms with Gasteiger partial charge in [-0.15, -0.1) is 0 Å². The summed E-state index contributed by atoms with van der Waals surface area (Å²) in [4.78, 5) is 13.5. The first kappa shape index (κ1) is 17.7. The van der Waals surface area contributed by atoms with Gasteiger partial charge in [0.05, 0.1) is 7.05 Å². The molecule has 0 aliphatic carbocycles. The third-order valence-corrected chi connectivity index (χ3v) is 4.41. The first-order valence-electron chi connectivity index (χ1n) is 7.93. The molecule has 0 fully saturated rings. The lowest BCUT2D eigenvalue weighted by atomic mass is 10.1. The molecule has 2 N–H and O–H groups in total. The van der Waals surface area contributed by atoms with E-state index in [2.05, 4.69) is 46.4 Å². The number of nitrogens with one attached hydrogen (secondary N) is 2. The fourth-order valence-electron chi connectivity index (χ4n) is 2.67. The summed E-state index contributed by atoms with van der Waals surface area (Å²) < 4.78 is 1.07. The van der Waals surface area contributed by atoms with Gasteiger partial charge in [0.2, 0.25) is 0 Å². The van der Waals surface area contributed by atoms with E-state index in [0.717, 1.165) is 33.6 Å². The maximum absolute atomic E-state index is 12.3. The monoisotopic (exact) mass is 375 g/mol. The molecule has 0 saturated heterocycles. The highest BCUT2D eigenvalue weighted by Gasteiger charge is 2.13. The summed E-state index contributed by atoms with van der Waals surface area (Å²) in [7, 11) is 2.04. The molecule has 1 amide bonds. The molecule has 0 aromatic heterocycles. The van der Waals surface area contributed by atoms with Crippen LogP contribution >= 0.6 is 15.9 Å². The Morgan fingerprint density at radius 2 is 1.87 bits per heavy atom. The molecule has 122 valence electrons. The van der Waals surface area contributed by atoms with Crippen LogP contribution in [0.3, 0.4) is 0 Å². The first-order valence-corrected chi connectivity index (χ1v) is 8.73. The molecule has 2 aromatic carbocycles. The van der Waals surface area contributed by atoms with Crippen LogP contribution in [0.25, 0.3) is 0 Å². The van der Waals surface area contributed by atoms with Gasteiger partial charge in [0.1, 0.15) is 6.54 Å². The average Bonchev–Trinajstić information content (AvgIpc) is 2.51. The molecule has 0 spiro atoms. The molecular weight excluding hydrogens is 352 g/mol. The van der Waals surface area contributed by atoms with E-state index in [1.165, 1.54) is 11.1 Å². The Bertz CT molecular complexity index is 668. The highest BCUT2D eigenvalue weighted by molar-refractivity contribution is 9.10. The third-order valence-electron chi connectivity index (χ3n) is 3.89. The number of para-hydroxylation sites is 1. The van der Waals surface area contributed by atoms with Crippen molar-refractivity contribution in [1.82, 2.24) is 0 Å². The van der Waals surface area contributed by atoms with Crippen LogP contribution < -0.4 is 10.2 Å². The molecule has 2 aromatic rings. The summed E-state index contributed by atoms with van der Waals surface area (Å²) in [5, 5.41) is 3.09. The number of hydrogen-bond acceptors (Lipinski definition) is 1. The van der Waals surface area contributed by atoms with E-state index in [0.29, 0.717) is 6.54 Å². The summed E-state index contributed by atoms with van der Waals surface area (Å²) in [5.41, 5.74) is 4.49. The zero-order valence-electron chi connectivity index (χ0n) is 13.9. The van der Waals surface area contributed by atoms with Crippen LogP contribution in [0.15, 0.2) is 46.9 Å². The number of aryl methyl sites for hydroxylation is 2. The number of hydrogen-bond donors (Lipinski definition) is 2. The van der Waals surface area contributed by atoms with Gasteiger partial charge in [-0.3, -0.25) is 4.79 Å². The Morgan fingerprint density at radius 1 is 1.17 bits per heavy atom. The molecule has 0 aliphatic heterocycles. The summed E-state index contributed by atoms with van der Waals surface area (Å²) >= 11 is 3.44. The van der Waals surface area contributed by atoms with E-state index in [9.17, 15) is 4.79 Å². The molecule has 4 heteroatoms. The van der Waals surface area contributed by atoms with Gasteiger partial charge < -0.3 is 10.2 Å². The van der Waals surface area contributed by atoms with Gasteiger partial charge >= 0.3 is 0 Å². The second kappa shape index (κ2) is 8.27. The van der Waals surface area contributed by atoms with Crippen LogP contribution in [-0.2, 0) is 17.8 Å². The standard InChI is InChI=1S/C19H23BrN2O/c1-4-16-7-5-6-14(2)19(16)21-18(23)13-22(3)12-15-8-10-17(20)11-9-15/h5-11H,4,12-13H2,1-3H3,(H,21,23)/p+1. The zero-order chi connectivity index (χ0) is 16.8. The van der Waals surface area contributed by atoms with Crippen molar-refractivity contribution >= 4 is 27.5 Å². The van der Waals surface area contributed by atoms with Crippen molar-refractivity contribution in [2.24, 2.45) is 0 Å². The molecular formula is C19H24BrN2O+. The molecule has 23 heavy (non-hydrogen) atoms. The Balaban J connectivity index is 1.95.